The minimum absolute atomic E-state index is 0.166. The van der Waals surface area contributed by atoms with Gasteiger partial charge in [-0.1, -0.05) is 48.5 Å². The van der Waals surface area contributed by atoms with E-state index in [0.29, 0.717) is 5.56 Å². The van der Waals surface area contributed by atoms with E-state index in [-0.39, 0.29) is 28.0 Å². The molecule has 1 N–H and O–H groups in total. The highest BCUT2D eigenvalue weighted by molar-refractivity contribution is 8.00. The van der Waals surface area contributed by atoms with Gasteiger partial charge in [-0.15, -0.1) is 23.1 Å². The second-order valence-electron chi connectivity index (χ2n) is 8.69. The maximum Gasteiger partial charge on any atom is 0.349 e. The number of ether oxygens (including phenoxy) is 2. The molecule has 0 spiro atoms. The summed E-state index contributed by atoms with van der Waals surface area (Å²) in [6.45, 7) is 8.84. The lowest BCUT2D eigenvalue weighted by Crippen LogP contribution is -2.23. The van der Waals surface area contributed by atoms with Crippen molar-refractivity contribution in [1.82, 2.24) is 0 Å². The Bertz CT molecular complexity index is 1180. The molecule has 0 saturated carbocycles. The van der Waals surface area contributed by atoms with Crippen LogP contribution in [0.4, 0.5) is 5.00 Å². The van der Waals surface area contributed by atoms with Gasteiger partial charge in [-0.05, 0) is 57.9 Å². The summed E-state index contributed by atoms with van der Waals surface area (Å²) >= 11 is 2.42. The van der Waals surface area contributed by atoms with Crippen molar-refractivity contribution < 1.29 is 23.9 Å². The van der Waals surface area contributed by atoms with E-state index in [1.54, 1.807) is 34.6 Å². The molecule has 0 aliphatic heterocycles. The number of amides is 1. The predicted molar refractivity (Wildman–Crippen MR) is 140 cm³/mol. The van der Waals surface area contributed by atoms with Gasteiger partial charge in [-0.3, -0.25) is 4.79 Å². The molecular formula is C27H29NO5S2. The maximum atomic E-state index is 13.6. The number of rotatable bonds is 8. The molecule has 184 valence electrons. The fourth-order valence-electron chi connectivity index (χ4n) is 3.28. The van der Waals surface area contributed by atoms with Crippen molar-refractivity contribution in [3.63, 3.8) is 0 Å². The number of hydrogen-bond donors (Lipinski definition) is 1. The molecular weight excluding hydrogens is 482 g/mol. The highest BCUT2D eigenvalue weighted by atomic mass is 32.2. The van der Waals surface area contributed by atoms with Gasteiger partial charge in [-0.25, -0.2) is 9.59 Å². The second-order valence-corrected chi connectivity index (χ2v) is 10.9. The quantitative estimate of drug-likeness (QED) is 0.269. The van der Waals surface area contributed by atoms with Crippen molar-refractivity contribution >= 4 is 45.9 Å². The van der Waals surface area contributed by atoms with Gasteiger partial charge in [0.1, 0.15) is 20.7 Å². The van der Waals surface area contributed by atoms with E-state index in [9.17, 15) is 14.4 Å². The molecule has 0 aliphatic carbocycles. The molecule has 0 radical (unpaired) electrons. The topological polar surface area (TPSA) is 81.7 Å². The number of anilines is 1. The van der Waals surface area contributed by atoms with Crippen molar-refractivity contribution in [2.24, 2.45) is 0 Å². The molecule has 8 heteroatoms. The third-order valence-electron chi connectivity index (χ3n) is 4.78. The maximum absolute atomic E-state index is 13.6. The number of carbonyl (C=O) groups is 3. The molecule has 35 heavy (non-hydrogen) atoms. The lowest BCUT2D eigenvalue weighted by atomic mass is 10.1. The van der Waals surface area contributed by atoms with Crippen LogP contribution in [-0.4, -0.2) is 30.1 Å². The fraction of sp³-hybridized carbons (Fsp3) is 0.296. The SMILES string of the molecule is CCOC(=O)c1c(NC(=O)C(Sc2ccccc2)c2ccccc2)sc(C(=O)OC(C)(C)C)c1C. The largest absolute Gasteiger partial charge is 0.462 e. The first-order valence-corrected chi connectivity index (χ1v) is 12.9. The summed E-state index contributed by atoms with van der Waals surface area (Å²) in [5.74, 6) is -1.46. The van der Waals surface area contributed by atoms with E-state index in [2.05, 4.69) is 5.32 Å². The Morgan fingerprint density at radius 3 is 2.14 bits per heavy atom. The monoisotopic (exact) mass is 511 g/mol. The molecule has 1 amide bonds. The number of benzene rings is 2. The van der Waals surface area contributed by atoms with Crippen molar-refractivity contribution in [1.29, 1.82) is 0 Å². The lowest BCUT2D eigenvalue weighted by molar-refractivity contribution is -0.115. The van der Waals surface area contributed by atoms with Gasteiger partial charge in [0.2, 0.25) is 5.91 Å². The average Bonchev–Trinajstić information content (AvgIpc) is 3.13. The first kappa shape index (κ1) is 26.5. The Morgan fingerprint density at radius 1 is 0.971 bits per heavy atom. The van der Waals surface area contributed by atoms with Crippen LogP contribution in [0.3, 0.4) is 0 Å². The highest BCUT2D eigenvalue weighted by Gasteiger charge is 2.31. The van der Waals surface area contributed by atoms with Gasteiger partial charge in [-0.2, -0.15) is 0 Å². The summed E-state index contributed by atoms with van der Waals surface area (Å²) in [6.07, 6.45) is 0. The first-order valence-electron chi connectivity index (χ1n) is 11.2. The average molecular weight is 512 g/mol. The Hall–Kier alpha value is -3.10. The standard InChI is InChI=1S/C27H29NO5S2/c1-6-32-25(30)20-17(2)21(26(31)33-27(3,4)5)35-24(20)28-23(29)22(18-13-9-7-10-14-18)34-19-15-11-8-12-16-19/h7-16,22H,6H2,1-5H3,(H,28,29). The van der Waals surface area contributed by atoms with Crippen molar-refractivity contribution in [2.45, 2.75) is 50.4 Å². The van der Waals surface area contributed by atoms with Crippen LogP contribution in [0, 0.1) is 6.92 Å². The molecule has 2 aromatic carbocycles. The Balaban J connectivity index is 1.98. The third kappa shape index (κ3) is 6.96. The lowest BCUT2D eigenvalue weighted by Gasteiger charge is -2.19. The molecule has 0 saturated heterocycles. The third-order valence-corrected chi connectivity index (χ3v) is 7.24. The minimum atomic E-state index is -0.703. The molecule has 1 aromatic heterocycles. The summed E-state index contributed by atoms with van der Waals surface area (Å²) in [6, 6.07) is 19.0. The van der Waals surface area contributed by atoms with Crippen LogP contribution in [0.2, 0.25) is 0 Å². The number of carbonyl (C=O) groups excluding carboxylic acids is 3. The van der Waals surface area contributed by atoms with Gasteiger partial charge in [0.25, 0.3) is 0 Å². The zero-order chi connectivity index (χ0) is 25.6. The normalized spacial score (nSPS) is 12.0. The summed E-state index contributed by atoms with van der Waals surface area (Å²) < 4.78 is 10.7. The molecule has 1 unspecified atom stereocenters. The zero-order valence-electron chi connectivity index (χ0n) is 20.4. The summed E-state index contributed by atoms with van der Waals surface area (Å²) in [5, 5.41) is 2.58. The minimum Gasteiger partial charge on any atom is -0.462 e. The van der Waals surface area contributed by atoms with E-state index in [1.807, 2.05) is 60.7 Å². The summed E-state index contributed by atoms with van der Waals surface area (Å²) in [4.78, 5) is 40.4. The van der Waals surface area contributed by atoms with Gasteiger partial charge in [0.15, 0.2) is 0 Å². The van der Waals surface area contributed by atoms with Crippen LogP contribution in [-0.2, 0) is 14.3 Å². The van der Waals surface area contributed by atoms with E-state index in [4.69, 9.17) is 9.47 Å². The smallest absolute Gasteiger partial charge is 0.349 e. The van der Waals surface area contributed by atoms with E-state index < -0.39 is 22.8 Å². The highest BCUT2D eigenvalue weighted by Crippen LogP contribution is 2.39. The van der Waals surface area contributed by atoms with Gasteiger partial charge >= 0.3 is 11.9 Å². The number of nitrogens with one attached hydrogen (secondary N) is 1. The molecule has 3 aromatic rings. The Kier molecular flexibility index (Phi) is 8.75. The van der Waals surface area contributed by atoms with Crippen LogP contribution in [0.5, 0.6) is 0 Å². The summed E-state index contributed by atoms with van der Waals surface area (Å²) in [7, 11) is 0. The van der Waals surface area contributed by atoms with Crippen molar-refractivity contribution in [2.75, 3.05) is 11.9 Å². The molecule has 0 fully saturated rings. The molecule has 6 nitrogen and oxygen atoms in total. The van der Waals surface area contributed by atoms with E-state index in [0.717, 1.165) is 21.8 Å². The molecule has 0 aliphatic rings. The predicted octanol–water partition coefficient (Wildman–Crippen LogP) is 6.66. The van der Waals surface area contributed by atoms with Crippen LogP contribution in [0.25, 0.3) is 0 Å². The molecule has 1 heterocycles. The summed E-state index contributed by atoms with van der Waals surface area (Å²) in [5.41, 5.74) is 0.705. The number of thioether (sulfide) groups is 1. The Morgan fingerprint density at radius 2 is 1.57 bits per heavy atom. The number of hydrogen-bond acceptors (Lipinski definition) is 7. The Labute approximate surface area is 214 Å². The van der Waals surface area contributed by atoms with Gasteiger partial charge in [0.05, 0.1) is 12.2 Å². The molecule has 0 bridgehead atoms. The number of esters is 2. The van der Waals surface area contributed by atoms with Crippen molar-refractivity contribution in [3.05, 3.63) is 82.2 Å². The van der Waals surface area contributed by atoms with Gasteiger partial charge in [0, 0.05) is 4.90 Å². The van der Waals surface area contributed by atoms with E-state index in [1.165, 1.54) is 11.8 Å². The first-order chi connectivity index (χ1) is 16.6. The van der Waals surface area contributed by atoms with Crippen LogP contribution in [0.1, 0.15) is 64.1 Å². The number of thiophene rings is 1. The zero-order valence-corrected chi connectivity index (χ0v) is 22.0. The van der Waals surface area contributed by atoms with Crippen LogP contribution < -0.4 is 5.32 Å². The van der Waals surface area contributed by atoms with Crippen LogP contribution >= 0.6 is 23.1 Å². The van der Waals surface area contributed by atoms with E-state index >= 15 is 0 Å². The fourth-order valence-corrected chi connectivity index (χ4v) is 5.40. The van der Waals surface area contributed by atoms with Gasteiger partial charge < -0.3 is 14.8 Å². The second kappa shape index (κ2) is 11.6. The van der Waals surface area contributed by atoms with Crippen LogP contribution in [0.15, 0.2) is 65.6 Å². The molecule has 3 rings (SSSR count). The van der Waals surface area contributed by atoms with Crippen molar-refractivity contribution in [3.8, 4) is 0 Å². The molecule has 1 atom stereocenters.